The number of aromatic carboxylic acids is 1. The summed E-state index contributed by atoms with van der Waals surface area (Å²) in [6.45, 7) is 0. The maximum atomic E-state index is 13.7. The summed E-state index contributed by atoms with van der Waals surface area (Å²) in [4.78, 5) is 23.0. The molecule has 0 radical (unpaired) electrons. The van der Waals surface area contributed by atoms with Gasteiger partial charge in [0.2, 0.25) is 0 Å². The van der Waals surface area contributed by atoms with Crippen molar-refractivity contribution in [2.75, 3.05) is 5.32 Å². The first-order valence-electron chi connectivity index (χ1n) is 5.68. The van der Waals surface area contributed by atoms with Gasteiger partial charge in [0.15, 0.2) is 0 Å². The maximum absolute atomic E-state index is 13.7. The Morgan fingerprint density at radius 3 is 2.43 bits per heavy atom. The Morgan fingerprint density at radius 2 is 1.76 bits per heavy atom. The molecular formula is C14H8BrF2NO3. The second-order valence-electron chi connectivity index (χ2n) is 4.05. The minimum atomic E-state index is -1.40. The molecule has 0 aromatic heterocycles. The number of carbonyl (C=O) groups excluding carboxylic acids is 1. The smallest absolute Gasteiger partial charge is 0.337 e. The summed E-state index contributed by atoms with van der Waals surface area (Å²) >= 11 is 3.09. The van der Waals surface area contributed by atoms with Gasteiger partial charge in [0, 0.05) is 4.47 Å². The van der Waals surface area contributed by atoms with Crippen molar-refractivity contribution in [3.8, 4) is 0 Å². The largest absolute Gasteiger partial charge is 0.478 e. The number of anilines is 1. The van der Waals surface area contributed by atoms with Crippen molar-refractivity contribution in [2.24, 2.45) is 0 Å². The highest BCUT2D eigenvalue weighted by Crippen LogP contribution is 2.22. The molecule has 2 N–H and O–H groups in total. The van der Waals surface area contributed by atoms with E-state index >= 15 is 0 Å². The van der Waals surface area contributed by atoms with Crippen LogP contribution < -0.4 is 5.32 Å². The summed E-state index contributed by atoms with van der Waals surface area (Å²) in [7, 11) is 0. The number of rotatable bonds is 3. The first kappa shape index (κ1) is 15.1. The number of nitrogens with one attached hydrogen (secondary N) is 1. The third-order valence-corrected chi connectivity index (χ3v) is 3.15. The zero-order chi connectivity index (χ0) is 15.6. The van der Waals surface area contributed by atoms with Crippen LogP contribution >= 0.6 is 15.9 Å². The second kappa shape index (κ2) is 6.01. The predicted octanol–water partition coefficient (Wildman–Crippen LogP) is 3.68. The molecule has 0 atom stereocenters. The molecule has 1 amide bonds. The van der Waals surface area contributed by atoms with Gasteiger partial charge in [-0.1, -0.05) is 22.0 Å². The molecule has 0 aliphatic carbocycles. The number of halogens is 3. The van der Waals surface area contributed by atoms with Crippen molar-refractivity contribution in [1.82, 2.24) is 0 Å². The highest BCUT2D eigenvalue weighted by Gasteiger charge is 2.19. The number of carbonyl (C=O) groups is 2. The number of benzene rings is 2. The van der Waals surface area contributed by atoms with Gasteiger partial charge in [-0.15, -0.1) is 0 Å². The Morgan fingerprint density at radius 1 is 1.05 bits per heavy atom. The van der Waals surface area contributed by atoms with Gasteiger partial charge in [0.05, 0.1) is 16.8 Å². The molecule has 0 spiro atoms. The Labute approximate surface area is 126 Å². The topological polar surface area (TPSA) is 66.4 Å². The van der Waals surface area contributed by atoms with E-state index in [-0.39, 0.29) is 5.56 Å². The summed E-state index contributed by atoms with van der Waals surface area (Å²) in [5.41, 5.74) is -1.25. The van der Waals surface area contributed by atoms with Gasteiger partial charge < -0.3 is 10.4 Å². The molecule has 0 aliphatic rings. The average Bonchev–Trinajstić information content (AvgIpc) is 2.43. The number of amides is 1. The molecule has 21 heavy (non-hydrogen) atoms. The Balaban J connectivity index is 2.41. The molecule has 0 unspecified atom stereocenters. The van der Waals surface area contributed by atoms with Crippen molar-refractivity contribution in [3.63, 3.8) is 0 Å². The second-order valence-corrected chi connectivity index (χ2v) is 4.96. The average molecular weight is 356 g/mol. The van der Waals surface area contributed by atoms with Gasteiger partial charge in [-0.25, -0.2) is 13.6 Å². The number of carboxylic acid groups (broad SMARTS) is 1. The zero-order valence-corrected chi connectivity index (χ0v) is 11.9. The summed E-state index contributed by atoms with van der Waals surface area (Å²) in [5, 5.41) is 11.1. The van der Waals surface area contributed by atoms with Crippen LogP contribution in [0.1, 0.15) is 20.7 Å². The molecule has 2 aromatic carbocycles. The minimum absolute atomic E-state index is 0.330. The lowest BCUT2D eigenvalue weighted by molar-refractivity contribution is 0.0697. The molecule has 0 saturated heterocycles. The molecule has 108 valence electrons. The third-order valence-electron chi connectivity index (χ3n) is 2.66. The van der Waals surface area contributed by atoms with Crippen LogP contribution in [0.25, 0.3) is 0 Å². The number of hydrogen-bond acceptors (Lipinski definition) is 2. The van der Waals surface area contributed by atoms with Crippen LogP contribution in [-0.4, -0.2) is 17.0 Å². The van der Waals surface area contributed by atoms with Gasteiger partial charge in [-0.3, -0.25) is 4.79 Å². The third kappa shape index (κ3) is 3.25. The summed E-state index contributed by atoms with van der Waals surface area (Å²) in [6, 6.07) is 7.02. The van der Waals surface area contributed by atoms with E-state index in [1.807, 2.05) is 0 Å². The van der Waals surface area contributed by atoms with E-state index in [1.54, 1.807) is 0 Å². The van der Waals surface area contributed by atoms with Crippen LogP contribution in [-0.2, 0) is 0 Å². The van der Waals surface area contributed by atoms with Crippen molar-refractivity contribution in [3.05, 3.63) is 63.6 Å². The Kier molecular flexibility index (Phi) is 4.32. The summed E-state index contributed by atoms with van der Waals surface area (Å²) < 4.78 is 27.7. The van der Waals surface area contributed by atoms with E-state index in [9.17, 15) is 18.4 Å². The van der Waals surface area contributed by atoms with Crippen LogP contribution in [0.15, 0.2) is 40.9 Å². The first-order chi connectivity index (χ1) is 9.90. The van der Waals surface area contributed by atoms with Crippen molar-refractivity contribution in [1.29, 1.82) is 0 Å². The minimum Gasteiger partial charge on any atom is -0.478 e. The van der Waals surface area contributed by atoms with Gasteiger partial charge >= 0.3 is 5.97 Å². The summed E-state index contributed by atoms with van der Waals surface area (Å²) in [6.07, 6.45) is 0. The number of para-hydroxylation sites is 1. The molecule has 0 aliphatic heterocycles. The molecule has 0 heterocycles. The van der Waals surface area contributed by atoms with Gasteiger partial charge in [0.1, 0.15) is 11.6 Å². The van der Waals surface area contributed by atoms with Gasteiger partial charge in [-0.2, -0.15) is 0 Å². The van der Waals surface area contributed by atoms with Crippen LogP contribution in [0.4, 0.5) is 14.5 Å². The fraction of sp³-hybridized carbons (Fsp3) is 0. The standard InChI is InChI=1S/C14H8BrF2NO3/c15-7-4-5-10(16)9(6-7)13(19)18-12-8(14(20)21)2-1-3-11(12)17/h1-6H,(H,18,19)(H,20,21). The molecule has 2 rings (SSSR count). The van der Waals surface area contributed by atoms with Crippen molar-refractivity contribution < 1.29 is 23.5 Å². The highest BCUT2D eigenvalue weighted by molar-refractivity contribution is 9.10. The first-order valence-corrected chi connectivity index (χ1v) is 6.47. The van der Waals surface area contributed by atoms with E-state index in [0.717, 1.165) is 18.2 Å². The fourth-order valence-electron chi connectivity index (χ4n) is 1.68. The Bertz CT molecular complexity index is 734. The van der Waals surface area contributed by atoms with E-state index in [2.05, 4.69) is 21.2 Å². The van der Waals surface area contributed by atoms with Crippen molar-refractivity contribution >= 4 is 33.5 Å². The van der Waals surface area contributed by atoms with Crippen LogP contribution in [0, 0.1) is 11.6 Å². The summed E-state index contributed by atoms with van der Waals surface area (Å²) in [5.74, 6) is -4.07. The molecule has 4 nitrogen and oxygen atoms in total. The lowest BCUT2D eigenvalue weighted by Crippen LogP contribution is -2.17. The van der Waals surface area contributed by atoms with Crippen LogP contribution in [0.5, 0.6) is 0 Å². The van der Waals surface area contributed by atoms with E-state index in [1.165, 1.54) is 18.2 Å². The van der Waals surface area contributed by atoms with E-state index in [4.69, 9.17) is 5.11 Å². The predicted molar refractivity (Wildman–Crippen MR) is 75.4 cm³/mol. The lowest BCUT2D eigenvalue weighted by atomic mass is 10.1. The Hall–Kier alpha value is -2.28. The highest BCUT2D eigenvalue weighted by atomic mass is 79.9. The number of hydrogen-bond donors (Lipinski definition) is 2. The molecule has 0 fully saturated rings. The van der Waals surface area contributed by atoms with Crippen LogP contribution in [0.3, 0.4) is 0 Å². The quantitative estimate of drug-likeness (QED) is 0.882. The zero-order valence-electron chi connectivity index (χ0n) is 10.4. The SMILES string of the molecule is O=C(Nc1c(F)cccc1C(=O)O)c1cc(Br)ccc1F. The van der Waals surface area contributed by atoms with Crippen molar-refractivity contribution in [2.45, 2.75) is 0 Å². The monoisotopic (exact) mass is 355 g/mol. The van der Waals surface area contributed by atoms with E-state index < -0.39 is 34.8 Å². The molecule has 2 aromatic rings. The molecule has 7 heteroatoms. The fourth-order valence-corrected chi connectivity index (χ4v) is 2.04. The van der Waals surface area contributed by atoms with Crippen LogP contribution in [0.2, 0.25) is 0 Å². The maximum Gasteiger partial charge on any atom is 0.337 e. The van der Waals surface area contributed by atoms with Gasteiger partial charge in [0.25, 0.3) is 5.91 Å². The lowest BCUT2D eigenvalue weighted by Gasteiger charge is -2.10. The van der Waals surface area contributed by atoms with Gasteiger partial charge in [-0.05, 0) is 30.3 Å². The molecule has 0 bridgehead atoms. The van der Waals surface area contributed by atoms with E-state index in [0.29, 0.717) is 4.47 Å². The normalized spacial score (nSPS) is 10.2. The molecule has 0 saturated carbocycles. The molecular weight excluding hydrogens is 348 g/mol. The number of carboxylic acids is 1.